The third-order valence-corrected chi connectivity index (χ3v) is 8.83. The highest BCUT2D eigenvalue weighted by Gasteiger charge is 2.36. The molecular formula is C25H29N3O4S2. The summed E-state index contributed by atoms with van der Waals surface area (Å²) in [5.74, 6) is 0.801. The molecule has 3 aromatic rings. The van der Waals surface area contributed by atoms with Crippen molar-refractivity contribution in [3.05, 3.63) is 60.8 Å². The van der Waals surface area contributed by atoms with Gasteiger partial charge in [0.25, 0.3) is 0 Å². The lowest BCUT2D eigenvalue weighted by Gasteiger charge is -2.29. The van der Waals surface area contributed by atoms with Crippen molar-refractivity contribution in [2.75, 3.05) is 25.2 Å². The third-order valence-electron chi connectivity index (χ3n) is 6.03. The molecular weight excluding hydrogens is 470 g/mol. The maximum Gasteiger partial charge on any atom is 0.236 e. The lowest BCUT2D eigenvalue weighted by atomic mass is 10.1. The number of thioether (sulfide) groups is 1. The average Bonchev–Trinajstić information content (AvgIpc) is 3.42. The SMILES string of the molecule is CCN(C(=O)[C@H](C)Sc1ncc(-c2ccccc2)n1-c1ccccc1OC)[C@H]1CCS(=O)(=O)C1. The third kappa shape index (κ3) is 5.00. The standard InChI is InChI=1S/C25H29N3O4S2/c1-4-27(20-14-15-34(30,31)17-20)24(29)18(2)33-25-26-16-22(19-10-6-5-7-11-19)28(25)21-12-8-9-13-23(21)32-3/h5-13,16,18,20H,4,14-15,17H2,1-3H3/t18-,20-/m0/s1. The van der Waals surface area contributed by atoms with Gasteiger partial charge in [-0.05, 0) is 32.4 Å². The molecule has 1 aliphatic heterocycles. The maximum atomic E-state index is 13.4. The number of methoxy groups -OCH3 is 1. The summed E-state index contributed by atoms with van der Waals surface area (Å²) in [4.78, 5) is 19.8. The van der Waals surface area contributed by atoms with Crippen LogP contribution in [0.1, 0.15) is 20.3 Å². The van der Waals surface area contributed by atoms with Crippen LogP contribution in [-0.4, -0.2) is 65.2 Å². The Morgan fingerprint density at radius 2 is 1.91 bits per heavy atom. The minimum Gasteiger partial charge on any atom is -0.495 e. The van der Waals surface area contributed by atoms with Crippen LogP contribution in [0.15, 0.2) is 66.0 Å². The first-order valence-corrected chi connectivity index (χ1v) is 14.0. The number of aromatic nitrogens is 2. The van der Waals surface area contributed by atoms with E-state index in [1.807, 2.05) is 79.2 Å². The van der Waals surface area contributed by atoms with E-state index >= 15 is 0 Å². The number of para-hydroxylation sites is 2. The first-order valence-electron chi connectivity index (χ1n) is 11.3. The lowest BCUT2D eigenvalue weighted by Crippen LogP contribution is -2.44. The number of hydrogen-bond donors (Lipinski definition) is 0. The van der Waals surface area contributed by atoms with Gasteiger partial charge in [-0.25, -0.2) is 13.4 Å². The molecule has 0 spiro atoms. The summed E-state index contributed by atoms with van der Waals surface area (Å²) < 4.78 is 31.6. The number of sulfone groups is 1. The van der Waals surface area contributed by atoms with Gasteiger partial charge in [0.2, 0.25) is 5.91 Å². The Bertz CT molecular complexity index is 1260. The number of carbonyl (C=O) groups excluding carboxylic acids is 1. The highest BCUT2D eigenvalue weighted by atomic mass is 32.2. The minimum atomic E-state index is -3.08. The van der Waals surface area contributed by atoms with Crippen molar-refractivity contribution in [2.45, 2.75) is 36.7 Å². The predicted octanol–water partition coefficient (Wildman–Crippen LogP) is 4.06. The molecule has 2 heterocycles. The highest BCUT2D eigenvalue weighted by molar-refractivity contribution is 8.00. The molecule has 4 rings (SSSR count). The summed E-state index contributed by atoms with van der Waals surface area (Å²) >= 11 is 1.37. The van der Waals surface area contributed by atoms with Crippen molar-refractivity contribution in [3.63, 3.8) is 0 Å². The smallest absolute Gasteiger partial charge is 0.236 e. The fourth-order valence-electron chi connectivity index (χ4n) is 4.34. The molecule has 0 radical (unpaired) electrons. The molecule has 0 aliphatic carbocycles. The molecule has 9 heteroatoms. The van der Waals surface area contributed by atoms with Gasteiger partial charge in [0, 0.05) is 18.2 Å². The van der Waals surface area contributed by atoms with E-state index in [1.54, 1.807) is 12.0 Å². The second-order valence-corrected chi connectivity index (χ2v) is 11.8. The number of hydrogen-bond acceptors (Lipinski definition) is 6. The normalized spacial score (nSPS) is 17.9. The summed E-state index contributed by atoms with van der Waals surface area (Å²) in [5, 5.41) is 0.224. The van der Waals surface area contributed by atoms with Gasteiger partial charge in [0.1, 0.15) is 5.75 Å². The molecule has 34 heavy (non-hydrogen) atoms. The van der Waals surface area contributed by atoms with Gasteiger partial charge >= 0.3 is 0 Å². The number of rotatable bonds is 8. The number of amides is 1. The van der Waals surface area contributed by atoms with Crippen molar-refractivity contribution in [3.8, 4) is 22.7 Å². The number of benzene rings is 2. The fraction of sp³-hybridized carbons (Fsp3) is 0.360. The molecule has 1 fully saturated rings. The zero-order valence-corrected chi connectivity index (χ0v) is 21.2. The summed E-state index contributed by atoms with van der Waals surface area (Å²) in [6.07, 6.45) is 2.30. The lowest BCUT2D eigenvalue weighted by molar-refractivity contribution is -0.131. The quantitative estimate of drug-likeness (QED) is 0.435. The number of ether oxygens (including phenoxy) is 1. The van der Waals surface area contributed by atoms with Crippen molar-refractivity contribution in [2.24, 2.45) is 0 Å². The van der Waals surface area contributed by atoms with Gasteiger partial charge in [-0.15, -0.1) is 0 Å². The van der Waals surface area contributed by atoms with Crippen molar-refractivity contribution < 1.29 is 17.9 Å². The van der Waals surface area contributed by atoms with E-state index in [9.17, 15) is 13.2 Å². The van der Waals surface area contributed by atoms with Crippen LogP contribution in [-0.2, 0) is 14.6 Å². The van der Waals surface area contributed by atoms with E-state index in [1.165, 1.54) is 11.8 Å². The first kappa shape index (κ1) is 24.3. The Kier molecular flexibility index (Phi) is 7.33. The highest BCUT2D eigenvalue weighted by Crippen LogP contribution is 2.35. The van der Waals surface area contributed by atoms with Gasteiger partial charge in [-0.1, -0.05) is 54.2 Å². The number of imidazole rings is 1. The fourth-order valence-corrected chi connectivity index (χ4v) is 7.03. The summed E-state index contributed by atoms with van der Waals surface area (Å²) in [6, 6.07) is 17.4. The van der Waals surface area contributed by atoms with Crippen LogP contribution < -0.4 is 4.74 Å². The van der Waals surface area contributed by atoms with Crippen LogP contribution in [0.25, 0.3) is 16.9 Å². The zero-order valence-electron chi connectivity index (χ0n) is 19.5. The van der Waals surface area contributed by atoms with E-state index in [2.05, 4.69) is 4.98 Å². The Labute approximate surface area is 205 Å². The van der Waals surface area contributed by atoms with Crippen LogP contribution >= 0.6 is 11.8 Å². The van der Waals surface area contributed by atoms with Crippen LogP contribution in [0.3, 0.4) is 0 Å². The second kappa shape index (κ2) is 10.2. The monoisotopic (exact) mass is 499 g/mol. The molecule has 1 aliphatic rings. The van der Waals surface area contributed by atoms with Gasteiger partial charge in [-0.2, -0.15) is 0 Å². The van der Waals surface area contributed by atoms with E-state index in [0.717, 1.165) is 16.9 Å². The molecule has 0 saturated carbocycles. The maximum absolute atomic E-state index is 13.4. The van der Waals surface area contributed by atoms with Crippen molar-refractivity contribution >= 4 is 27.5 Å². The zero-order chi connectivity index (χ0) is 24.3. The van der Waals surface area contributed by atoms with Gasteiger partial charge < -0.3 is 9.64 Å². The van der Waals surface area contributed by atoms with E-state index in [0.29, 0.717) is 23.9 Å². The van der Waals surface area contributed by atoms with Gasteiger partial charge in [-0.3, -0.25) is 9.36 Å². The van der Waals surface area contributed by atoms with Gasteiger partial charge in [0.05, 0.1) is 41.4 Å². The topological polar surface area (TPSA) is 81.5 Å². The molecule has 2 aromatic carbocycles. The van der Waals surface area contributed by atoms with Crippen LogP contribution in [0.4, 0.5) is 0 Å². The molecule has 180 valence electrons. The van der Waals surface area contributed by atoms with Gasteiger partial charge in [0.15, 0.2) is 15.0 Å². The van der Waals surface area contributed by atoms with Crippen LogP contribution in [0, 0.1) is 0 Å². The number of nitrogens with zero attached hydrogens (tertiary/aromatic N) is 3. The molecule has 0 N–H and O–H groups in total. The molecule has 2 atom stereocenters. The van der Waals surface area contributed by atoms with Crippen molar-refractivity contribution in [1.29, 1.82) is 0 Å². The van der Waals surface area contributed by atoms with E-state index < -0.39 is 15.1 Å². The van der Waals surface area contributed by atoms with Crippen molar-refractivity contribution in [1.82, 2.24) is 14.5 Å². The van der Waals surface area contributed by atoms with E-state index in [-0.39, 0.29) is 23.5 Å². The first-order chi connectivity index (χ1) is 16.3. The minimum absolute atomic E-state index is 0.0396. The Hall–Kier alpha value is -2.78. The summed E-state index contributed by atoms with van der Waals surface area (Å²) in [6.45, 7) is 4.21. The molecule has 0 bridgehead atoms. The number of carbonyl (C=O) groups is 1. The van der Waals surface area contributed by atoms with Crippen LogP contribution in [0.2, 0.25) is 0 Å². The molecule has 1 saturated heterocycles. The second-order valence-electron chi connectivity index (χ2n) is 8.24. The molecule has 1 aromatic heterocycles. The molecule has 7 nitrogen and oxygen atoms in total. The Balaban J connectivity index is 1.68. The van der Waals surface area contributed by atoms with E-state index in [4.69, 9.17) is 4.74 Å². The molecule has 1 amide bonds. The largest absolute Gasteiger partial charge is 0.495 e. The van der Waals surface area contributed by atoms with Crippen LogP contribution in [0.5, 0.6) is 5.75 Å². The molecule has 0 unspecified atom stereocenters. The Morgan fingerprint density at radius 3 is 2.56 bits per heavy atom. The predicted molar refractivity (Wildman–Crippen MR) is 135 cm³/mol. The summed E-state index contributed by atoms with van der Waals surface area (Å²) in [7, 11) is -1.45. The average molecular weight is 500 g/mol. The summed E-state index contributed by atoms with van der Waals surface area (Å²) in [5.41, 5.74) is 2.72. The Morgan fingerprint density at radius 1 is 1.21 bits per heavy atom.